The molecule has 0 spiro atoms. The second-order valence-electron chi connectivity index (χ2n) is 2.32. The molecule has 0 saturated carbocycles. The van der Waals surface area contributed by atoms with Crippen molar-refractivity contribution >= 4 is 16.6 Å². The number of nitrogens with one attached hydrogen (secondary N) is 1. The molecule has 0 atom stereocenters. The molecule has 65 valence electrons. The van der Waals surface area contributed by atoms with Crippen LogP contribution < -0.4 is 4.72 Å². The first-order chi connectivity index (χ1) is 5.72. The van der Waals surface area contributed by atoms with Crippen LogP contribution in [-0.2, 0) is 17.3 Å². The molecule has 1 rings (SSSR count). The Hall–Kier alpha value is -1.03. The molecule has 0 bridgehead atoms. The van der Waals surface area contributed by atoms with Crippen molar-refractivity contribution in [3.05, 3.63) is 36.8 Å². The predicted molar refractivity (Wildman–Crippen MR) is 49.4 cm³/mol. The van der Waals surface area contributed by atoms with Crippen molar-refractivity contribution in [1.29, 1.82) is 0 Å². The minimum atomic E-state index is -2.56. The van der Waals surface area contributed by atoms with E-state index < -0.39 is 10.9 Å². The van der Waals surface area contributed by atoms with E-state index in [1.165, 1.54) is 0 Å². The topological polar surface area (TPSA) is 46.2 Å². The minimum Gasteiger partial charge on any atom is -0.286 e. The van der Waals surface area contributed by atoms with E-state index >= 15 is 0 Å². The average molecular weight is 184 g/mol. The van der Waals surface area contributed by atoms with Crippen molar-refractivity contribution in [2.45, 2.75) is 6.42 Å². The molecular formula is C8H10NO2S. The molecule has 1 N–H and O–H groups in total. The van der Waals surface area contributed by atoms with Gasteiger partial charge in [-0.1, -0.05) is 12.1 Å². The van der Waals surface area contributed by atoms with Crippen molar-refractivity contribution in [3.63, 3.8) is 0 Å². The van der Waals surface area contributed by atoms with Crippen LogP contribution in [0.4, 0.5) is 5.69 Å². The molecule has 0 saturated heterocycles. The van der Waals surface area contributed by atoms with Crippen molar-refractivity contribution in [2.75, 3.05) is 4.72 Å². The summed E-state index contributed by atoms with van der Waals surface area (Å²) in [7, 11) is -2.56. The van der Waals surface area contributed by atoms with E-state index in [-0.39, 0.29) is 0 Å². The summed E-state index contributed by atoms with van der Waals surface area (Å²) in [6.45, 7) is 3.71. The van der Waals surface area contributed by atoms with Crippen LogP contribution in [0.15, 0.2) is 24.3 Å². The second kappa shape index (κ2) is 4.11. The maximum atomic E-state index is 10.2. The highest BCUT2D eigenvalue weighted by Crippen LogP contribution is 2.09. The lowest BCUT2D eigenvalue weighted by Gasteiger charge is -1.99. The predicted octanol–water partition coefficient (Wildman–Crippen LogP) is 1.00. The van der Waals surface area contributed by atoms with Gasteiger partial charge in [-0.25, -0.2) is 8.42 Å². The third kappa shape index (κ3) is 2.54. The SMILES string of the molecule is [CH2]Cc1ccc(N[SH](=O)=O)cc1. The zero-order valence-corrected chi connectivity index (χ0v) is 7.38. The van der Waals surface area contributed by atoms with Crippen LogP contribution in [0.2, 0.25) is 0 Å². The Morgan fingerprint density at radius 2 is 1.83 bits per heavy atom. The first-order valence-electron chi connectivity index (χ1n) is 3.51. The Morgan fingerprint density at radius 3 is 2.25 bits per heavy atom. The molecule has 0 amide bonds. The lowest BCUT2D eigenvalue weighted by atomic mass is 10.2. The van der Waals surface area contributed by atoms with E-state index in [4.69, 9.17) is 0 Å². The Morgan fingerprint density at radius 1 is 1.25 bits per heavy atom. The number of thiol groups is 1. The Kier molecular flexibility index (Phi) is 3.10. The monoisotopic (exact) mass is 184 g/mol. The molecule has 0 aromatic heterocycles. The van der Waals surface area contributed by atoms with Gasteiger partial charge in [-0.15, -0.1) is 0 Å². The third-order valence-corrected chi connectivity index (χ3v) is 1.90. The Balaban J connectivity index is 2.77. The van der Waals surface area contributed by atoms with Crippen LogP contribution in [0.25, 0.3) is 0 Å². The second-order valence-corrected chi connectivity index (χ2v) is 3.05. The zero-order chi connectivity index (χ0) is 8.97. The van der Waals surface area contributed by atoms with E-state index in [0.717, 1.165) is 5.56 Å². The van der Waals surface area contributed by atoms with E-state index in [0.29, 0.717) is 12.1 Å². The average Bonchev–Trinajstić information content (AvgIpc) is 2.05. The summed E-state index contributed by atoms with van der Waals surface area (Å²) in [4.78, 5) is 0. The van der Waals surface area contributed by atoms with Gasteiger partial charge >= 0.3 is 0 Å². The maximum absolute atomic E-state index is 10.2. The first kappa shape index (κ1) is 9.06. The van der Waals surface area contributed by atoms with Gasteiger partial charge in [0, 0.05) is 5.69 Å². The van der Waals surface area contributed by atoms with E-state index in [1.807, 2.05) is 12.1 Å². The highest BCUT2D eigenvalue weighted by Gasteiger charge is 1.91. The smallest absolute Gasteiger partial charge is 0.222 e. The van der Waals surface area contributed by atoms with Gasteiger partial charge in [0.05, 0.1) is 0 Å². The molecule has 12 heavy (non-hydrogen) atoms. The first-order valence-corrected chi connectivity index (χ1v) is 4.69. The van der Waals surface area contributed by atoms with Gasteiger partial charge in [-0.05, 0) is 31.0 Å². The quantitative estimate of drug-likeness (QED) is 0.688. The van der Waals surface area contributed by atoms with E-state index in [1.54, 1.807) is 12.1 Å². The van der Waals surface area contributed by atoms with Gasteiger partial charge in [0.1, 0.15) is 0 Å². The van der Waals surface area contributed by atoms with Crippen molar-refractivity contribution in [2.24, 2.45) is 0 Å². The molecule has 0 aliphatic rings. The number of rotatable bonds is 3. The number of hydrogen-bond donors (Lipinski definition) is 2. The van der Waals surface area contributed by atoms with Crippen LogP contribution >= 0.6 is 0 Å². The summed E-state index contributed by atoms with van der Waals surface area (Å²) in [5, 5.41) is 0. The summed E-state index contributed by atoms with van der Waals surface area (Å²) in [5.41, 5.74) is 1.67. The lowest BCUT2D eigenvalue weighted by molar-refractivity contribution is 0.619. The van der Waals surface area contributed by atoms with E-state index in [2.05, 4.69) is 11.6 Å². The molecule has 0 heterocycles. The number of hydrogen-bond acceptors (Lipinski definition) is 2. The molecule has 4 heteroatoms. The summed E-state index contributed by atoms with van der Waals surface area (Å²) in [6, 6.07) is 7.11. The van der Waals surface area contributed by atoms with Crippen LogP contribution in [0.3, 0.4) is 0 Å². The highest BCUT2D eigenvalue weighted by molar-refractivity contribution is 7.73. The van der Waals surface area contributed by atoms with Crippen LogP contribution in [0, 0.1) is 6.92 Å². The van der Waals surface area contributed by atoms with Crippen molar-refractivity contribution < 1.29 is 8.42 Å². The zero-order valence-electron chi connectivity index (χ0n) is 6.49. The highest BCUT2D eigenvalue weighted by atomic mass is 32.2. The van der Waals surface area contributed by atoms with Gasteiger partial charge in [0.25, 0.3) is 0 Å². The summed E-state index contributed by atoms with van der Waals surface area (Å²) < 4.78 is 22.8. The van der Waals surface area contributed by atoms with Crippen molar-refractivity contribution in [1.82, 2.24) is 0 Å². The summed E-state index contributed by atoms with van der Waals surface area (Å²) in [6.07, 6.45) is 0.712. The fourth-order valence-corrected chi connectivity index (χ4v) is 1.21. The third-order valence-electron chi connectivity index (χ3n) is 1.46. The van der Waals surface area contributed by atoms with Gasteiger partial charge < -0.3 is 0 Å². The van der Waals surface area contributed by atoms with Gasteiger partial charge in [0.2, 0.25) is 10.9 Å². The Labute approximate surface area is 73.5 Å². The molecule has 3 nitrogen and oxygen atoms in total. The maximum Gasteiger partial charge on any atom is 0.222 e. The molecule has 0 aliphatic carbocycles. The Bertz CT molecular complexity index is 308. The van der Waals surface area contributed by atoms with Gasteiger partial charge in [-0.2, -0.15) is 0 Å². The molecule has 1 aromatic rings. The molecule has 0 aliphatic heterocycles. The summed E-state index contributed by atoms with van der Waals surface area (Å²) in [5.74, 6) is 0. The number of benzene rings is 1. The van der Waals surface area contributed by atoms with Crippen LogP contribution in [0.1, 0.15) is 5.56 Å². The lowest BCUT2D eigenvalue weighted by Crippen LogP contribution is -1.94. The van der Waals surface area contributed by atoms with Crippen LogP contribution in [0.5, 0.6) is 0 Å². The van der Waals surface area contributed by atoms with Gasteiger partial charge in [-0.3, -0.25) is 4.72 Å². The summed E-state index contributed by atoms with van der Waals surface area (Å²) >= 11 is 0. The largest absolute Gasteiger partial charge is 0.286 e. The van der Waals surface area contributed by atoms with Crippen molar-refractivity contribution in [3.8, 4) is 0 Å². The number of anilines is 1. The standard InChI is InChI=1S/C8H10NO2S/c1-2-7-3-5-8(6-4-7)9-12(10)11/h3-6,12H,1-2H2,(H,9,10,11). The molecule has 1 radical (unpaired) electrons. The molecule has 0 unspecified atom stereocenters. The van der Waals surface area contributed by atoms with Gasteiger partial charge in [0.15, 0.2) is 0 Å². The molecule has 0 fully saturated rings. The molecular weight excluding hydrogens is 174 g/mol. The minimum absolute atomic E-state index is 0.586. The van der Waals surface area contributed by atoms with E-state index in [9.17, 15) is 8.42 Å². The fourth-order valence-electron chi connectivity index (χ4n) is 0.851. The normalized spacial score (nSPS) is 10.2. The molecule has 1 aromatic carbocycles. The van der Waals surface area contributed by atoms with Crippen LogP contribution in [-0.4, -0.2) is 8.42 Å². The fraction of sp³-hybridized carbons (Fsp3) is 0.125.